The van der Waals surface area contributed by atoms with E-state index in [9.17, 15) is 9.59 Å². The number of carbonyl (C=O) groups is 2. The van der Waals surface area contributed by atoms with E-state index in [1.165, 1.54) is 0 Å². The summed E-state index contributed by atoms with van der Waals surface area (Å²) < 4.78 is 0. The van der Waals surface area contributed by atoms with E-state index in [0.717, 1.165) is 43.0 Å². The molecule has 0 aromatic heterocycles. The second kappa shape index (κ2) is 10.1. The summed E-state index contributed by atoms with van der Waals surface area (Å²) in [4.78, 5) is 29.3. The molecule has 0 aliphatic carbocycles. The van der Waals surface area contributed by atoms with Gasteiger partial charge in [-0.3, -0.25) is 19.4 Å². The van der Waals surface area contributed by atoms with Crippen LogP contribution in [0.15, 0.2) is 42.5 Å². The molecule has 0 unspecified atom stereocenters. The molecule has 0 bridgehead atoms. The van der Waals surface area contributed by atoms with Crippen molar-refractivity contribution in [3.8, 4) is 0 Å². The molecule has 3 rings (SSSR count). The Balaban J connectivity index is 1.46. The van der Waals surface area contributed by atoms with E-state index in [1.54, 1.807) is 12.1 Å². The molecule has 0 spiro atoms. The van der Waals surface area contributed by atoms with Crippen LogP contribution < -0.4 is 10.6 Å². The van der Waals surface area contributed by atoms with Crippen LogP contribution in [0.3, 0.4) is 0 Å². The fourth-order valence-corrected chi connectivity index (χ4v) is 3.76. The number of amides is 2. The van der Waals surface area contributed by atoms with Crippen molar-refractivity contribution < 1.29 is 9.59 Å². The van der Waals surface area contributed by atoms with Crippen molar-refractivity contribution in [2.45, 2.75) is 26.8 Å². The average Bonchev–Trinajstić information content (AvgIpc) is 2.71. The van der Waals surface area contributed by atoms with E-state index < -0.39 is 0 Å². The molecule has 0 saturated carbocycles. The summed E-state index contributed by atoms with van der Waals surface area (Å²) in [7, 11) is 0. The van der Waals surface area contributed by atoms with Gasteiger partial charge in [0, 0.05) is 42.6 Å². The molecule has 1 saturated heterocycles. The highest BCUT2D eigenvalue weighted by Crippen LogP contribution is 2.18. The third kappa shape index (κ3) is 5.81. The lowest BCUT2D eigenvalue weighted by Crippen LogP contribution is -2.53. The second-order valence-corrected chi connectivity index (χ2v) is 8.22. The Morgan fingerprint density at radius 2 is 1.73 bits per heavy atom. The number of rotatable bonds is 6. The number of carbonyl (C=O) groups excluding carboxylic acids is 2. The molecule has 1 fully saturated rings. The molecule has 2 amide bonds. The zero-order valence-corrected chi connectivity index (χ0v) is 18.5. The Morgan fingerprint density at radius 1 is 1.03 bits per heavy atom. The van der Waals surface area contributed by atoms with Crippen LogP contribution in [0.4, 0.5) is 11.4 Å². The van der Waals surface area contributed by atoms with Crippen molar-refractivity contribution in [1.82, 2.24) is 9.80 Å². The highest BCUT2D eigenvalue weighted by Gasteiger charge is 2.26. The van der Waals surface area contributed by atoms with Gasteiger partial charge in [-0.15, -0.1) is 0 Å². The summed E-state index contributed by atoms with van der Waals surface area (Å²) in [6.45, 7) is 9.27. The van der Waals surface area contributed by atoms with Gasteiger partial charge < -0.3 is 10.6 Å². The monoisotopic (exact) mass is 428 g/mol. The molecule has 30 heavy (non-hydrogen) atoms. The zero-order chi connectivity index (χ0) is 21.7. The molecule has 2 aromatic rings. The number of aryl methyl sites for hydroxylation is 1. The third-order valence-corrected chi connectivity index (χ3v) is 5.91. The Hall–Kier alpha value is -2.41. The first-order valence-corrected chi connectivity index (χ1v) is 10.6. The summed E-state index contributed by atoms with van der Waals surface area (Å²) in [6, 6.07) is 12.8. The molecule has 1 heterocycles. The first kappa shape index (κ1) is 22.3. The predicted octanol–water partition coefficient (Wildman–Crippen LogP) is 3.54. The molecule has 1 aliphatic heterocycles. The van der Waals surface area contributed by atoms with Crippen LogP contribution in [0.1, 0.15) is 18.1 Å². The maximum atomic E-state index is 12.6. The van der Waals surface area contributed by atoms with Gasteiger partial charge in [-0.25, -0.2) is 0 Å². The molecule has 160 valence electrons. The van der Waals surface area contributed by atoms with Gasteiger partial charge in [-0.05, 0) is 56.2 Å². The van der Waals surface area contributed by atoms with Gasteiger partial charge >= 0.3 is 0 Å². The van der Waals surface area contributed by atoms with E-state index in [2.05, 4.69) is 20.4 Å². The van der Waals surface area contributed by atoms with Crippen LogP contribution in [-0.2, 0) is 9.59 Å². The number of hydrogen-bond donors (Lipinski definition) is 2. The number of piperazine rings is 1. The highest BCUT2D eigenvalue weighted by molar-refractivity contribution is 6.30. The number of halogens is 1. The SMILES string of the molecule is Cc1cccc(NC(=O)CN2CCN([C@@H](C)C(=O)Nc3cccc(Cl)c3)CC2)c1C. The Bertz CT molecular complexity index is 910. The van der Waals surface area contributed by atoms with Gasteiger partial charge in [-0.1, -0.05) is 29.8 Å². The quantitative estimate of drug-likeness (QED) is 0.738. The van der Waals surface area contributed by atoms with Crippen molar-refractivity contribution in [3.63, 3.8) is 0 Å². The summed E-state index contributed by atoms with van der Waals surface area (Å²) in [6.07, 6.45) is 0. The number of benzene rings is 2. The minimum absolute atomic E-state index is 0.0103. The second-order valence-electron chi connectivity index (χ2n) is 7.78. The first-order valence-electron chi connectivity index (χ1n) is 10.2. The largest absolute Gasteiger partial charge is 0.325 e. The molecule has 2 aromatic carbocycles. The van der Waals surface area contributed by atoms with Crippen LogP contribution in [0.5, 0.6) is 0 Å². The van der Waals surface area contributed by atoms with Crippen LogP contribution >= 0.6 is 11.6 Å². The lowest BCUT2D eigenvalue weighted by Gasteiger charge is -2.37. The molecule has 6 nitrogen and oxygen atoms in total. The van der Waals surface area contributed by atoms with Crippen molar-refractivity contribution in [1.29, 1.82) is 0 Å². The molecule has 1 aliphatic rings. The highest BCUT2D eigenvalue weighted by atomic mass is 35.5. The van der Waals surface area contributed by atoms with Gasteiger partial charge in [0.15, 0.2) is 0 Å². The first-order chi connectivity index (χ1) is 14.3. The average molecular weight is 429 g/mol. The van der Waals surface area contributed by atoms with Crippen molar-refractivity contribution in [2.24, 2.45) is 0 Å². The van der Waals surface area contributed by atoms with E-state index in [0.29, 0.717) is 17.3 Å². The molecular formula is C23H29ClN4O2. The third-order valence-electron chi connectivity index (χ3n) is 5.67. The summed E-state index contributed by atoms with van der Waals surface area (Å²) in [5.74, 6) is -0.0673. The minimum atomic E-state index is -0.255. The van der Waals surface area contributed by atoms with E-state index >= 15 is 0 Å². The smallest absolute Gasteiger partial charge is 0.241 e. The van der Waals surface area contributed by atoms with Crippen LogP contribution in [0.2, 0.25) is 5.02 Å². The fraction of sp³-hybridized carbons (Fsp3) is 0.391. The Kier molecular flexibility index (Phi) is 7.48. The van der Waals surface area contributed by atoms with E-state index in [1.807, 2.05) is 51.1 Å². The van der Waals surface area contributed by atoms with Crippen molar-refractivity contribution >= 4 is 34.8 Å². The lowest BCUT2D eigenvalue weighted by atomic mass is 10.1. The maximum absolute atomic E-state index is 12.6. The number of nitrogens with one attached hydrogen (secondary N) is 2. The Labute approximate surface area is 183 Å². The summed E-state index contributed by atoms with van der Waals surface area (Å²) in [5, 5.41) is 6.52. The van der Waals surface area contributed by atoms with Gasteiger partial charge in [0.05, 0.1) is 12.6 Å². The number of nitrogens with zero attached hydrogens (tertiary/aromatic N) is 2. The maximum Gasteiger partial charge on any atom is 0.241 e. The van der Waals surface area contributed by atoms with Gasteiger partial charge in [0.1, 0.15) is 0 Å². The normalized spacial score (nSPS) is 16.1. The number of hydrogen-bond acceptors (Lipinski definition) is 4. The van der Waals surface area contributed by atoms with Gasteiger partial charge in [0.25, 0.3) is 0 Å². The lowest BCUT2D eigenvalue weighted by molar-refractivity contribution is -0.122. The topological polar surface area (TPSA) is 64.7 Å². The van der Waals surface area contributed by atoms with Crippen LogP contribution in [0, 0.1) is 13.8 Å². The molecular weight excluding hydrogens is 400 g/mol. The Morgan fingerprint density at radius 3 is 2.43 bits per heavy atom. The van der Waals surface area contributed by atoms with E-state index in [4.69, 9.17) is 11.6 Å². The van der Waals surface area contributed by atoms with Crippen molar-refractivity contribution in [3.05, 3.63) is 58.6 Å². The summed E-state index contributed by atoms with van der Waals surface area (Å²) >= 11 is 5.98. The molecule has 2 N–H and O–H groups in total. The van der Waals surface area contributed by atoms with Crippen LogP contribution in [0.25, 0.3) is 0 Å². The molecule has 7 heteroatoms. The standard InChI is InChI=1S/C23H29ClN4O2/c1-16-6-4-9-21(17(16)2)26-22(29)15-27-10-12-28(13-11-27)18(3)23(30)25-20-8-5-7-19(24)14-20/h4-9,14,18H,10-13,15H2,1-3H3,(H,25,30)(H,26,29)/t18-/m0/s1. The van der Waals surface area contributed by atoms with E-state index in [-0.39, 0.29) is 17.9 Å². The molecule has 1 atom stereocenters. The van der Waals surface area contributed by atoms with Gasteiger partial charge in [0.2, 0.25) is 11.8 Å². The number of anilines is 2. The minimum Gasteiger partial charge on any atom is -0.325 e. The van der Waals surface area contributed by atoms with Gasteiger partial charge in [-0.2, -0.15) is 0 Å². The molecule has 0 radical (unpaired) electrons. The van der Waals surface area contributed by atoms with Crippen molar-refractivity contribution in [2.75, 3.05) is 43.4 Å². The summed E-state index contributed by atoms with van der Waals surface area (Å²) in [5.41, 5.74) is 3.81. The zero-order valence-electron chi connectivity index (χ0n) is 17.7. The van der Waals surface area contributed by atoms with Crippen LogP contribution in [-0.4, -0.2) is 60.4 Å². The predicted molar refractivity (Wildman–Crippen MR) is 122 cm³/mol. The fourth-order valence-electron chi connectivity index (χ4n) is 3.57.